The summed E-state index contributed by atoms with van der Waals surface area (Å²) in [4.78, 5) is 11.3. The van der Waals surface area contributed by atoms with Crippen molar-refractivity contribution < 1.29 is 17.8 Å². The molecular weight excluding hydrogens is 304 g/mol. The molecule has 0 aliphatic carbocycles. The molecule has 0 heterocycles. The molecule has 1 atom stereocenters. The summed E-state index contributed by atoms with van der Waals surface area (Å²) in [5, 5.41) is 0. The minimum absolute atomic E-state index is 0.321. The van der Waals surface area contributed by atoms with Crippen LogP contribution in [0.1, 0.15) is 13.3 Å². The van der Waals surface area contributed by atoms with Crippen LogP contribution in [0.3, 0.4) is 0 Å². The van der Waals surface area contributed by atoms with E-state index in [1.807, 2.05) is 0 Å². The van der Waals surface area contributed by atoms with Crippen LogP contribution < -0.4 is 0 Å². The maximum Gasteiger partial charge on any atom is 0.333 e. The molecule has 0 aromatic rings. The molecule has 0 fully saturated rings. The second-order valence-corrected chi connectivity index (χ2v) is 17.4. The first-order valence-electron chi connectivity index (χ1n) is 7.16. The SMILES string of the molecule is C=C(C)C(=O)OCCC[Si](C)(O[SiH](C)C)O[Si](C)(C)C. The number of carbonyl (C=O) groups excluding carboxylic acids is 1. The zero-order valence-corrected chi connectivity index (χ0v) is 17.2. The molecule has 0 saturated heterocycles. The van der Waals surface area contributed by atoms with Crippen LogP contribution >= 0.6 is 0 Å². The Morgan fingerprint density at radius 2 is 1.75 bits per heavy atom. The summed E-state index contributed by atoms with van der Waals surface area (Å²) in [6.07, 6.45) is 0.785. The van der Waals surface area contributed by atoms with E-state index < -0.39 is 25.9 Å². The summed E-state index contributed by atoms with van der Waals surface area (Å²) in [6, 6.07) is 0.867. The van der Waals surface area contributed by atoms with Crippen LogP contribution in [-0.2, 0) is 17.8 Å². The maximum absolute atomic E-state index is 11.3. The Morgan fingerprint density at radius 1 is 1.20 bits per heavy atom. The lowest BCUT2D eigenvalue weighted by atomic mass is 10.4. The fourth-order valence-electron chi connectivity index (χ4n) is 1.96. The Kier molecular flexibility index (Phi) is 8.19. The van der Waals surface area contributed by atoms with Crippen LogP contribution in [0.2, 0.25) is 45.3 Å². The molecule has 0 rings (SSSR count). The molecule has 7 heteroatoms. The van der Waals surface area contributed by atoms with Crippen molar-refractivity contribution >= 4 is 31.9 Å². The van der Waals surface area contributed by atoms with Crippen LogP contribution in [-0.4, -0.2) is 38.5 Å². The van der Waals surface area contributed by atoms with Gasteiger partial charge >= 0.3 is 14.5 Å². The Bertz CT molecular complexity index is 339. The fraction of sp³-hybridized carbons (Fsp3) is 0.769. The zero-order valence-electron chi connectivity index (χ0n) is 14.0. The van der Waals surface area contributed by atoms with Crippen molar-refractivity contribution in [3.05, 3.63) is 12.2 Å². The number of esters is 1. The van der Waals surface area contributed by atoms with E-state index in [0.29, 0.717) is 12.2 Å². The van der Waals surface area contributed by atoms with E-state index >= 15 is 0 Å². The molecule has 0 aromatic heterocycles. The molecule has 0 N–H and O–H groups in total. The number of hydrogen-bond donors (Lipinski definition) is 0. The average Bonchev–Trinajstić information content (AvgIpc) is 2.19. The van der Waals surface area contributed by atoms with Crippen LogP contribution in [0.4, 0.5) is 0 Å². The molecule has 0 aromatic carbocycles. The number of hydrogen-bond acceptors (Lipinski definition) is 4. The standard InChI is InChI=1S/C13H30O4Si3/c1-12(2)13(14)15-10-9-11-20(8,16-18(3)4)17-19(5,6)7/h18H,1,9-11H2,2-8H3. The molecule has 20 heavy (non-hydrogen) atoms. The third-order valence-corrected chi connectivity index (χ3v) is 11.7. The van der Waals surface area contributed by atoms with Gasteiger partial charge in [-0.3, -0.25) is 0 Å². The molecule has 118 valence electrons. The van der Waals surface area contributed by atoms with Crippen molar-refractivity contribution in [1.82, 2.24) is 0 Å². The van der Waals surface area contributed by atoms with Crippen molar-refractivity contribution in [1.29, 1.82) is 0 Å². The first-order valence-corrected chi connectivity index (χ1v) is 15.9. The monoisotopic (exact) mass is 334 g/mol. The fourth-order valence-corrected chi connectivity index (χ4v) is 13.4. The van der Waals surface area contributed by atoms with Gasteiger partial charge in [-0.05, 0) is 58.7 Å². The van der Waals surface area contributed by atoms with Gasteiger partial charge in [0.25, 0.3) is 0 Å². The first-order chi connectivity index (χ1) is 8.95. The van der Waals surface area contributed by atoms with Gasteiger partial charge in [0, 0.05) is 5.57 Å². The molecule has 0 bridgehead atoms. The summed E-state index contributed by atoms with van der Waals surface area (Å²) in [6.45, 7) is 18.7. The molecule has 4 nitrogen and oxygen atoms in total. The quantitative estimate of drug-likeness (QED) is 0.280. The van der Waals surface area contributed by atoms with Gasteiger partial charge in [-0.25, -0.2) is 4.79 Å². The van der Waals surface area contributed by atoms with Crippen molar-refractivity contribution in [2.75, 3.05) is 6.61 Å². The topological polar surface area (TPSA) is 44.8 Å². The summed E-state index contributed by atoms with van der Waals surface area (Å²) in [5.74, 6) is -0.321. The lowest BCUT2D eigenvalue weighted by Crippen LogP contribution is -2.49. The van der Waals surface area contributed by atoms with Crippen LogP contribution in [0.15, 0.2) is 12.2 Å². The second kappa shape index (κ2) is 8.28. The van der Waals surface area contributed by atoms with E-state index in [1.165, 1.54) is 0 Å². The van der Waals surface area contributed by atoms with E-state index in [-0.39, 0.29) is 5.97 Å². The van der Waals surface area contributed by atoms with E-state index in [9.17, 15) is 4.79 Å². The molecule has 0 saturated carbocycles. The van der Waals surface area contributed by atoms with Crippen molar-refractivity contribution in [3.8, 4) is 0 Å². The van der Waals surface area contributed by atoms with E-state index in [1.54, 1.807) is 6.92 Å². The summed E-state index contributed by atoms with van der Waals surface area (Å²) in [7, 11) is -4.90. The van der Waals surface area contributed by atoms with Crippen LogP contribution in [0, 0.1) is 0 Å². The van der Waals surface area contributed by atoms with Gasteiger partial charge in [-0.1, -0.05) is 6.58 Å². The van der Waals surface area contributed by atoms with Crippen LogP contribution in [0.25, 0.3) is 0 Å². The minimum Gasteiger partial charge on any atom is -0.462 e. The Hall–Kier alpha value is -0.219. The van der Waals surface area contributed by atoms with E-state index in [0.717, 1.165) is 12.5 Å². The van der Waals surface area contributed by atoms with Crippen molar-refractivity contribution in [2.45, 2.75) is 58.7 Å². The normalized spacial score (nSPS) is 15.0. The Balaban J connectivity index is 4.37. The Morgan fingerprint density at radius 3 is 2.15 bits per heavy atom. The molecule has 0 spiro atoms. The predicted molar refractivity (Wildman–Crippen MR) is 91.2 cm³/mol. The smallest absolute Gasteiger partial charge is 0.333 e. The molecule has 1 unspecified atom stereocenters. The molecule has 0 aliphatic heterocycles. The van der Waals surface area contributed by atoms with Crippen LogP contribution in [0.5, 0.6) is 0 Å². The number of carbonyl (C=O) groups is 1. The molecule has 0 aliphatic rings. The largest absolute Gasteiger partial charge is 0.462 e. The lowest BCUT2D eigenvalue weighted by molar-refractivity contribution is -0.138. The van der Waals surface area contributed by atoms with Gasteiger partial charge in [0.15, 0.2) is 17.4 Å². The van der Waals surface area contributed by atoms with E-state index in [4.69, 9.17) is 13.0 Å². The number of ether oxygens (including phenoxy) is 1. The average molecular weight is 335 g/mol. The minimum atomic E-state index is -2.14. The van der Waals surface area contributed by atoms with Gasteiger partial charge in [-0.15, -0.1) is 0 Å². The van der Waals surface area contributed by atoms with Gasteiger partial charge in [0.1, 0.15) is 0 Å². The molecule has 0 radical (unpaired) electrons. The summed E-state index contributed by atoms with van der Waals surface area (Å²) >= 11 is 0. The molecular formula is C13H30O4Si3. The summed E-state index contributed by atoms with van der Waals surface area (Å²) in [5.41, 5.74) is 0.439. The highest BCUT2D eigenvalue weighted by Crippen LogP contribution is 2.22. The maximum atomic E-state index is 11.3. The van der Waals surface area contributed by atoms with Crippen molar-refractivity contribution in [3.63, 3.8) is 0 Å². The highest BCUT2D eigenvalue weighted by molar-refractivity contribution is 6.84. The van der Waals surface area contributed by atoms with Crippen molar-refractivity contribution in [2.24, 2.45) is 0 Å². The first kappa shape index (κ1) is 19.8. The highest BCUT2D eigenvalue weighted by Gasteiger charge is 2.36. The molecule has 0 amide bonds. The van der Waals surface area contributed by atoms with Gasteiger partial charge in [0.05, 0.1) is 6.61 Å². The van der Waals surface area contributed by atoms with Gasteiger partial charge in [0.2, 0.25) is 0 Å². The van der Waals surface area contributed by atoms with Gasteiger partial charge < -0.3 is 13.0 Å². The third kappa shape index (κ3) is 9.65. The summed E-state index contributed by atoms with van der Waals surface area (Å²) < 4.78 is 17.7. The second-order valence-electron chi connectivity index (χ2n) is 6.53. The third-order valence-electron chi connectivity index (χ3n) is 2.36. The van der Waals surface area contributed by atoms with Gasteiger partial charge in [-0.2, -0.15) is 0 Å². The number of rotatable bonds is 9. The predicted octanol–water partition coefficient (Wildman–Crippen LogP) is 3.42. The van der Waals surface area contributed by atoms with E-state index in [2.05, 4.69) is 45.9 Å². The highest BCUT2D eigenvalue weighted by atomic mass is 28.5. The zero-order chi connectivity index (χ0) is 16.0. The lowest BCUT2D eigenvalue weighted by Gasteiger charge is -2.35. The Labute approximate surface area is 127 Å².